The van der Waals surface area contributed by atoms with Crippen molar-refractivity contribution in [3.63, 3.8) is 0 Å². The molecule has 1 amide bonds. The highest BCUT2D eigenvalue weighted by molar-refractivity contribution is 5.94. The minimum Gasteiger partial charge on any atom is -0.395 e. The van der Waals surface area contributed by atoms with Crippen LogP contribution in [0.15, 0.2) is 18.5 Å². The summed E-state index contributed by atoms with van der Waals surface area (Å²) in [5, 5.41) is 11.4. The minimum absolute atomic E-state index is 0.0124. The van der Waals surface area contributed by atoms with Gasteiger partial charge in [-0.15, -0.1) is 0 Å². The van der Waals surface area contributed by atoms with E-state index in [1.54, 1.807) is 26.5 Å². The molecule has 1 heterocycles. The summed E-state index contributed by atoms with van der Waals surface area (Å²) in [5.74, 6) is 5.38. The number of hydrogen-bond donors (Lipinski definition) is 2. The Labute approximate surface area is 124 Å². The lowest BCUT2D eigenvalue weighted by Crippen LogP contribution is -2.35. The van der Waals surface area contributed by atoms with Crippen LogP contribution in [0.1, 0.15) is 22.3 Å². The van der Waals surface area contributed by atoms with E-state index in [-0.39, 0.29) is 18.6 Å². The molecule has 0 saturated heterocycles. The van der Waals surface area contributed by atoms with Crippen LogP contribution in [0.2, 0.25) is 0 Å². The van der Waals surface area contributed by atoms with Crippen molar-refractivity contribution >= 4 is 5.91 Å². The fourth-order valence-electron chi connectivity index (χ4n) is 1.56. The average Bonchev–Trinajstić information content (AvgIpc) is 2.51. The molecule has 0 aliphatic heterocycles. The maximum Gasteiger partial charge on any atom is 0.252 e. The van der Waals surface area contributed by atoms with E-state index < -0.39 is 0 Å². The van der Waals surface area contributed by atoms with E-state index in [1.807, 2.05) is 0 Å². The topological polar surface area (TPSA) is 80.7 Å². The zero-order valence-electron chi connectivity index (χ0n) is 12.3. The fourth-order valence-corrected chi connectivity index (χ4v) is 1.56. The van der Waals surface area contributed by atoms with Crippen LogP contribution in [-0.4, -0.2) is 56.1 Å². The van der Waals surface area contributed by atoms with E-state index in [2.05, 4.69) is 22.1 Å². The summed E-state index contributed by atoms with van der Waals surface area (Å²) < 4.78 is 10.1. The summed E-state index contributed by atoms with van der Waals surface area (Å²) in [7, 11) is 3.14. The number of aromatic nitrogens is 1. The van der Waals surface area contributed by atoms with Crippen molar-refractivity contribution in [3.8, 4) is 11.8 Å². The molecule has 0 radical (unpaired) electrons. The molecular weight excluding hydrogens is 272 g/mol. The number of nitrogens with zero attached hydrogens (tertiary/aromatic N) is 1. The Bertz CT molecular complexity index is 508. The van der Waals surface area contributed by atoms with Gasteiger partial charge in [0.25, 0.3) is 5.91 Å². The third kappa shape index (κ3) is 6.36. The molecule has 114 valence electrons. The van der Waals surface area contributed by atoms with Crippen LogP contribution < -0.4 is 5.32 Å². The lowest BCUT2D eigenvalue weighted by molar-refractivity contribution is 0.0285. The van der Waals surface area contributed by atoms with Crippen LogP contribution in [0.5, 0.6) is 0 Å². The molecular formula is C15H20N2O4. The van der Waals surface area contributed by atoms with E-state index in [0.29, 0.717) is 30.7 Å². The van der Waals surface area contributed by atoms with E-state index >= 15 is 0 Å². The second-order valence-corrected chi connectivity index (χ2v) is 4.26. The number of pyridine rings is 1. The predicted molar refractivity (Wildman–Crippen MR) is 77.8 cm³/mol. The van der Waals surface area contributed by atoms with Crippen molar-refractivity contribution < 1.29 is 19.4 Å². The number of nitrogens with one attached hydrogen (secondary N) is 1. The monoisotopic (exact) mass is 292 g/mol. The van der Waals surface area contributed by atoms with E-state index in [1.165, 1.54) is 6.20 Å². The van der Waals surface area contributed by atoms with Crippen LogP contribution >= 0.6 is 0 Å². The molecule has 1 rings (SSSR count). The molecule has 0 fully saturated rings. The standard InChI is InChI=1S/C15H20N2O4/c1-20-11-14(21-2)10-17-15(19)13-7-12(8-16-9-13)5-3-4-6-18/h7-9,14,18H,4,6,10-11H2,1-2H3,(H,17,19). The molecule has 0 aromatic carbocycles. The summed E-state index contributed by atoms with van der Waals surface area (Å²) in [6, 6.07) is 1.66. The number of carbonyl (C=O) groups is 1. The molecule has 0 bridgehead atoms. The van der Waals surface area contributed by atoms with Crippen molar-refractivity contribution in [2.45, 2.75) is 12.5 Å². The third-order valence-corrected chi connectivity index (χ3v) is 2.65. The Morgan fingerprint density at radius 1 is 1.48 bits per heavy atom. The first-order valence-corrected chi connectivity index (χ1v) is 6.56. The summed E-state index contributed by atoms with van der Waals surface area (Å²) in [5.41, 5.74) is 1.06. The number of aliphatic hydroxyl groups excluding tert-OH is 1. The molecule has 21 heavy (non-hydrogen) atoms. The van der Waals surface area contributed by atoms with E-state index in [4.69, 9.17) is 14.6 Å². The first-order chi connectivity index (χ1) is 10.2. The Morgan fingerprint density at radius 2 is 2.29 bits per heavy atom. The van der Waals surface area contributed by atoms with Crippen LogP contribution in [0.4, 0.5) is 0 Å². The quantitative estimate of drug-likeness (QED) is 0.702. The molecule has 0 aliphatic rings. The van der Waals surface area contributed by atoms with Crippen molar-refractivity contribution in [2.75, 3.05) is 34.0 Å². The number of ether oxygens (including phenoxy) is 2. The summed E-state index contributed by atoms with van der Waals surface area (Å²) in [4.78, 5) is 16.0. The van der Waals surface area contributed by atoms with Crippen LogP contribution in [0, 0.1) is 11.8 Å². The largest absolute Gasteiger partial charge is 0.395 e. The zero-order chi connectivity index (χ0) is 15.5. The summed E-state index contributed by atoms with van der Waals surface area (Å²) in [6.45, 7) is 0.768. The molecule has 6 heteroatoms. The van der Waals surface area contributed by atoms with Gasteiger partial charge < -0.3 is 19.9 Å². The second-order valence-electron chi connectivity index (χ2n) is 4.26. The number of rotatable bonds is 7. The SMILES string of the molecule is COCC(CNC(=O)c1cncc(C#CCCO)c1)OC. The first-order valence-electron chi connectivity index (χ1n) is 6.56. The van der Waals surface area contributed by atoms with Gasteiger partial charge in [0.15, 0.2) is 0 Å². The molecule has 0 aliphatic carbocycles. The Kier molecular flexibility index (Phi) is 8.05. The molecule has 6 nitrogen and oxygen atoms in total. The van der Waals surface area contributed by atoms with Gasteiger partial charge in [0.05, 0.1) is 24.9 Å². The van der Waals surface area contributed by atoms with Crippen molar-refractivity contribution in [1.29, 1.82) is 0 Å². The maximum atomic E-state index is 12.0. The van der Waals surface area contributed by atoms with Gasteiger partial charge in [-0.25, -0.2) is 0 Å². The minimum atomic E-state index is -0.244. The second kappa shape index (κ2) is 9.88. The number of hydrogen-bond acceptors (Lipinski definition) is 5. The number of amides is 1. The van der Waals surface area contributed by atoms with E-state index in [9.17, 15) is 4.79 Å². The highest BCUT2D eigenvalue weighted by Gasteiger charge is 2.11. The molecule has 1 aromatic rings. The maximum absolute atomic E-state index is 12.0. The van der Waals surface area contributed by atoms with Gasteiger partial charge in [-0.05, 0) is 6.07 Å². The Balaban J connectivity index is 2.62. The lowest BCUT2D eigenvalue weighted by Gasteiger charge is -2.14. The fraction of sp³-hybridized carbons (Fsp3) is 0.467. The van der Waals surface area contributed by atoms with Crippen molar-refractivity contribution in [3.05, 3.63) is 29.6 Å². The van der Waals surface area contributed by atoms with Gasteiger partial charge in [0.2, 0.25) is 0 Å². The molecule has 2 N–H and O–H groups in total. The number of aliphatic hydroxyl groups is 1. The van der Waals surface area contributed by atoms with Crippen LogP contribution in [0.25, 0.3) is 0 Å². The van der Waals surface area contributed by atoms with Gasteiger partial charge >= 0.3 is 0 Å². The number of carbonyl (C=O) groups excluding carboxylic acids is 1. The molecule has 1 unspecified atom stereocenters. The Hall–Kier alpha value is -1.94. The lowest BCUT2D eigenvalue weighted by atomic mass is 10.2. The average molecular weight is 292 g/mol. The van der Waals surface area contributed by atoms with Gasteiger partial charge in [0, 0.05) is 45.1 Å². The molecule has 1 atom stereocenters. The molecule has 1 aromatic heterocycles. The highest BCUT2D eigenvalue weighted by atomic mass is 16.5. The van der Waals surface area contributed by atoms with Crippen molar-refractivity contribution in [1.82, 2.24) is 10.3 Å². The first kappa shape index (κ1) is 17.1. The zero-order valence-corrected chi connectivity index (χ0v) is 12.3. The van der Waals surface area contributed by atoms with Gasteiger partial charge in [-0.3, -0.25) is 9.78 Å². The van der Waals surface area contributed by atoms with Gasteiger partial charge in [0.1, 0.15) is 0 Å². The van der Waals surface area contributed by atoms with E-state index in [0.717, 1.165) is 0 Å². The van der Waals surface area contributed by atoms with Gasteiger partial charge in [-0.2, -0.15) is 0 Å². The van der Waals surface area contributed by atoms with Crippen LogP contribution in [-0.2, 0) is 9.47 Å². The predicted octanol–water partition coefficient (Wildman–Crippen LogP) is 0.207. The highest BCUT2D eigenvalue weighted by Crippen LogP contribution is 2.02. The molecule has 0 saturated carbocycles. The normalized spacial score (nSPS) is 11.4. The van der Waals surface area contributed by atoms with Gasteiger partial charge in [-0.1, -0.05) is 11.8 Å². The van der Waals surface area contributed by atoms with Crippen molar-refractivity contribution in [2.24, 2.45) is 0 Å². The summed E-state index contributed by atoms with van der Waals surface area (Å²) in [6.07, 6.45) is 3.25. The van der Waals surface area contributed by atoms with Crippen LogP contribution in [0.3, 0.4) is 0 Å². The number of methoxy groups -OCH3 is 2. The third-order valence-electron chi connectivity index (χ3n) is 2.65. The Morgan fingerprint density at radius 3 is 2.95 bits per heavy atom. The smallest absolute Gasteiger partial charge is 0.252 e. The summed E-state index contributed by atoms with van der Waals surface area (Å²) >= 11 is 0. The molecule has 0 spiro atoms.